The average molecular weight is 182 g/mol. The Morgan fingerprint density at radius 3 is 2.00 bits per heavy atom. The van der Waals surface area contributed by atoms with Crippen LogP contribution in [0.15, 0.2) is 0 Å². The van der Waals surface area contributed by atoms with Crippen molar-refractivity contribution in [3.63, 3.8) is 0 Å². The van der Waals surface area contributed by atoms with E-state index in [9.17, 15) is 0 Å². The van der Waals surface area contributed by atoms with Gasteiger partial charge < -0.3 is 9.80 Å². The van der Waals surface area contributed by atoms with Gasteiger partial charge in [-0.25, -0.2) is 0 Å². The van der Waals surface area contributed by atoms with Crippen LogP contribution in [0.1, 0.15) is 19.3 Å². The van der Waals surface area contributed by atoms with Crippen molar-refractivity contribution in [3.8, 4) is 0 Å². The van der Waals surface area contributed by atoms with Gasteiger partial charge in [-0.15, -0.1) is 0 Å². The van der Waals surface area contributed by atoms with Gasteiger partial charge in [0.15, 0.2) is 0 Å². The lowest BCUT2D eigenvalue weighted by atomic mass is 9.75. The monoisotopic (exact) mass is 182 g/mol. The quantitative estimate of drug-likeness (QED) is 0.603. The van der Waals surface area contributed by atoms with Crippen molar-refractivity contribution >= 4 is 0 Å². The topological polar surface area (TPSA) is 6.48 Å². The second kappa shape index (κ2) is 3.58. The van der Waals surface area contributed by atoms with Gasteiger partial charge in [-0.05, 0) is 52.2 Å². The first-order valence-electron chi connectivity index (χ1n) is 5.50. The van der Waals surface area contributed by atoms with E-state index in [0.717, 1.165) is 17.9 Å². The van der Waals surface area contributed by atoms with Gasteiger partial charge in [-0.3, -0.25) is 0 Å². The third-order valence-electron chi connectivity index (χ3n) is 3.75. The minimum absolute atomic E-state index is 0.859. The van der Waals surface area contributed by atoms with Crippen molar-refractivity contribution in [3.05, 3.63) is 0 Å². The van der Waals surface area contributed by atoms with Gasteiger partial charge in [0, 0.05) is 19.1 Å². The van der Waals surface area contributed by atoms with Crippen LogP contribution in [0.25, 0.3) is 0 Å². The van der Waals surface area contributed by atoms with Crippen LogP contribution in [0.2, 0.25) is 0 Å². The van der Waals surface area contributed by atoms with Gasteiger partial charge in [0.25, 0.3) is 0 Å². The maximum Gasteiger partial charge on any atom is 0.00954 e. The summed E-state index contributed by atoms with van der Waals surface area (Å²) in [6, 6.07) is 0.859. The lowest BCUT2D eigenvalue weighted by Gasteiger charge is -2.44. The molecular weight excluding hydrogens is 160 g/mol. The number of rotatable bonds is 1. The van der Waals surface area contributed by atoms with Crippen molar-refractivity contribution < 1.29 is 0 Å². The zero-order valence-corrected chi connectivity index (χ0v) is 9.16. The number of fused-ring (bicyclic) bond motifs is 2. The highest BCUT2D eigenvalue weighted by Crippen LogP contribution is 2.35. The maximum atomic E-state index is 2.52. The van der Waals surface area contributed by atoms with E-state index in [1.165, 1.54) is 32.4 Å². The molecule has 2 fully saturated rings. The minimum Gasteiger partial charge on any atom is -0.306 e. The molecule has 0 spiro atoms. The Hall–Kier alpha value is -0.0800. The molecule has 2 nitrogen and oxygen atoms in total. The fourth-order valence-electron chi connectivity index (χ4n) is 3.21. The standard InChI is InChI=1S/C11H22N2/c1-12(2)11-5-9-4-10(6-11)8-13(3)7-9/h9-11H,4-8H2,1-3H3/t9-,10+,11?. The summed E-state index contributed by atoms with van der Waals surface area (Å²) in [6.07, 6.45) is 4.34. The Bertz CT molecular complexity index is 161. The Morgan fingerprint density at radius 2 is 1.54 bits per heavy atom. The molecule has 2 aliphatic rings. The molecule has 1 aliphatic carbocycles. The van der Waals surface area contributed by atoms with Gasteiger partial charge in [-0.2, -0.15) is 0 Å². The summed E-state index contributed by atoms with van der Waals surface area (Å²) in [6.45, 7) is 2.67. The molecule has 1 heterocycles. The molecule has 1 unspecified atom stereocenters. The number of hydrogen-bond donors (Lipinski definition) is 0. The normalized spacial score (nSPS) is 41.1. The third-order valence-corrected chi connectivity index (χ3v) is 3.75. The summed E-state index contributed by atoms with van der Waals surface area (Å²) in [5.74, 6) is 1.95. The van der Waals surface area contributed by atoms with E-state index >= 15 is 0 Å². The molecule has 13 heavy (non-hydrogen) atoms. The van der Waals surface area contributed by atoms with Crippen LogP contribution in [0.5, 0.6) is 0 Å². The molecule has 0 radical (unpaired) electrons. The highest BCUT2D eigenvalue weighted by atomic mass is 15.1. The summed E-state index contributed by atoms with van der Waals surface area (Å²) in [4.78, 5) is 4.94. The van der Waals surface area contributed by atoms with Gasteiger partial charge in [-0.1, -0.05) is 0 Å². The molecule has 2 bridgehead atoms. The summed E-state index contributed by atoms with van der Waals surface area (Å²) in [5, 5.41) is 0. The fraction of sp³-hybridized carbons (Fsp3) is 1.00. The Labute approximate surface area is 81.9 Å². The maximum absolute atomic E-state index is 2.52. The van der Waals surface area contributed by atoms with Crippen LogP contribution in [0.4, 0.5) is 0 Å². The van der Waals surface area contributed by atoms with Gasteiger partial charge in [0.2, 0.25) is 0 Å². The van der Waals surface area contributed by atoms with Gasteiger partial charge in [0.05, 0.1) is 0 Å². The molecule has 0 aromatic rings. The predicted molar refractivity (Wildman–Crippen MR) is 55.8 cm³/mol. The smallest absolute Gasteiger partial charge is 0.00954 e. The molecular formula is C11H22N2. The second-order valence-corrected chi connectivity index (χ2v) is 5.28. The van der Waals surface area contributed by atoms with E-state index in [-0.39, 0.29) is 0 Å². The van der Waals surface area contributed by atoms with E-state index in [4.69, 9.17) is 0 Å². The molecule has 1 saturated carbocycles. The molecule has 2 rings (SSSR count). The average Bonchev–Trinajstić information content (AvgIpc) is 2.01. The first kappa shape index (κ1) is 9.47. The zero-order chi connectivity index (χ0) is 9.42. The zero-order valence-electron chi connectivity index (χ0n) is 9.16. The first-order valence-corrected chi connectivity index (χ1v) is 5.50. The van der Waals surface area contributed by atoms with Crippen LogP contribution in [0.3, 0.4) is 0 Å². The third kappa shape index (κ3) is 2.05. The first-order chi connectivity index (χ1) is 6.15. The van der Waals surface area contributed by atoms with E-state index in [2.05, 4.69) is 30.9 Å². The molecule has 76 valence electrons. The Balaban J connectivity index is 1.97. The van der Waals surface area contributed by atoms with Crippen molar-refractivity contribution in [2.75, 3.05) is 34.2 Å². The van der Waals surface area contributed by atoms with Crippen molar-refractivity contribution in [2.24, 2.45) is 11.8 Å². The predicted octanol–water partition coefficient (Wildman–Crippen LogP) is 1.28. The summed E-state index contributed by atoms with van der Waals surface area (Å²) in [7, 11) is 6.74. The van der Waals surface area contributed by atoms with Crippen molar-refractivity contribution in [1.29, 1.82) is 0 Å². The minimum atomic E-state index is 0.859. The van der Waals surface area contributed by atoms with Crippen LogP contribution in [0, 0.1) is 11.8 Å². The van der Waals surface area contributed by atoms with Crippen molar-refractivity contribution in [2.45, 2.75) is 25.3 Å². The fourth-order valence-corrected chi connectivity index (χ4v) is 3.21. The highest BCUT2D eigenvalue weighted by molar-refractivity contribution is 4.88. The van der Waals surface area contributed by atoms with E-state index in [1.807, 2.05) is 0 Å². The summed E-state index contributed by atoms with van der Waals surface area (Å²) >= 11 is 0. The summed E-state index contributed by atoms with van der Waals surface area (Å²) in [5.41, 5.74) is 0. The van der Waals surface area contributed by atoms with Crippen LogP contribution >= 0.6 is 0 Å². The number of piperidine rings is 1. The Morgan fingerprint density at radius 1 is 1.00 bits per heavy atom. The molecule has 0 aromatic heterocycles. The van der Waals surface area contributed by atoms with Crippen LogP contribution in [-0.4, -0.2) is 50.1 Å². The molecule has 1 saturated heterocycles. The molecule has 0 aromatic carbocycles. The van der Waals surface area contributed by atoms with E-state index in [1.54, 1.807) is 0 Å². The molecule has 0 amide bonds. The summed E-state index contributed by atoms with van der Waals surface area (Å²) < 4.78 is 0. The second-order valence-electron chi connectivity index (χ2n) is 5.28. The van der Waals surface area contributed by atoms with E-state index < -0.39 is 0 Å². The lowest BCUT2D eigenvalue weighted by molar-refractivity contribution is 0.0569. The molecule has 2 heteroatoms. The molecule has 0 N–H and O–H groups in total. The SMILES string of the molecule is CN1C[C@@H]2CC(N(C)C)C[C@@H](C2)C1. The van der Waals surface area contributed by atoms with Crippen LogP contribution in [-0.2, 0) is 0 Å². The number of hydrogen-bond acceptors (Lipinski definition) is 2. The van der Waals surface area contributed by atoms with E-state index in [0.29, 0.717) is 0 Å². The number of nitrogens with zero attached hydrogens (tertiary/aromatic N) is 2. The van der Waals surface area contributed by atoms with Gasteiger partial charge in [0.1, 0.15) is 0 Å². The van der Waals surface area contributed by atoms with Crippen LogP contribution < -0.4 is 0 Å². The molecule has 1 aliphatic heterocycles. The van der Waals surface area contributed by atoms with Crippen molar-refractivity contribution in [1.82, 2.24) is 9.80 Å². The highest BCUT2D eigenvalue weighted by Gasteiger charge is 2.34. The number of likely N-dealkylation sites (tertiary alicyclic amines) is 1. The largest absolute Gasteiger partial charge is 0.306 e. The Kier molecular flexibility index (Phi) is 2.61. The lowest BCUT2D eigenvalue weighted by Crippen LogP contribution is -2.47. The molecule has 3 atom stereocenters. The van der Waals surface area contributed by atoms with Gasteiger partial charge >= 0.3 is 0 Å².